The van der Waals surface area contributed by atoms with Gasteiger partial charge in [-0.15, -0.1) is 0 Å². The number of aliphatic hydroxyl groups is 1. The highest BCUT2D eigenvalue weighted by molar-refractivity contribution is 5.94. The Balaban J connectivity index is 1.48. The van der Waals surface area contributed by atoms with Crippen LogP contribution in [-0.2, 0) is 11.4 Å². The summed E-state index contributed by atoms with van der Waals surface area (Å²) in [6.07, 6.45) is 0. The first kappa shape index (κ1) is 21.4. The van der Waals surface area contributed by atoms with Gasteiger partial charge in [0.05, 0.1) is 12.2 Å². The average Bonchev–Trinajstić information content (AvgIpc) is 3.42. The standard InChI is InChI=1S/C23H29N3O5/c1-15(2)21(28)25-9-17-10-26(13-23(17,12-25)14-27)22(29)20-19(16(3)31-24-20)11-30-18-7-5-4-6-8-18/h4-8,15,17,27H,9-14H2,1-3H3/t17-,23+/m1/s1. The molecular weight excluding hydrogens is 398 g/mol. The second kappa shape index (κ2) is 8.34. The van der Waals surface area contributed by atoms with Crippen LogP contribution in [0.5, 0.6) is 5.75 Å². The summed E-state index contributed by atoms with van der Waals surface area (Å²) < 4.78 is 11.1. The number of likely N-dealkylation sites (tertiary alicyclic amines) is 2. The lowest BCUT2D eigenvalue weighted by molar-refractivity contribution is -0.134. The minimum absolute atomic E-state index is 0.0427. The summed E-state index contributed by atoms with van der Waals surface area (Å²) in [6, 6.07) is 9.37. The molecule has 2 saturated heterocycles. The van der Waals surface area contributed by atoms with Gasteiger partial charge in [-0.3, -0.25) is 9.59 Å². The monoisotopic (exact) mass is 427 g/mol. The van der Waals surface area contributed by atoms with Gasteiger partial charge in [0.2, 0.25) is 5.91 Å². The van der Waals surface area contributed by atoms with E-state index < -0.39 is 5.41 Å². The zero-order chi connectivity index (χ0) is 22.2. The number of ether oxygens (including phenoxy) is 1. The quantitative estimate of drug-likeness (QED) is 0.759. The van der Waals surface area contributed by atoms with E-state index >= 15 is 0 Å². The van der Waals surface area contributed by atoms with Crippen LogP contribution in [0.3, 0.4) is 0 Å². The van der Waals surface area contributed by atoms with Gasteiger partial charge in [0.25, 0.3) is 5.91 Å². The van der Waals surface area contributed by atoms with Gasteiger partial charge >= 0.3 is 0 Å². The molecule has 4 rings (SSSR count). The number of carbonyl (C=O) groups is 2. The molecule has 0 bridgehead atoms. The molecule has 166 valence electrons. The Kier molecular flexibility index (Phi) is 5.75. The summed E-state index contributed by atoms with van der Waals surface area (Å²) >= 11 is 0. The topological polar surface area (TPSA) is 96.1 Å². The summed E-state index contributed by atoms with van der Waals surface area (Å²) in [5.74, 6) is 1.06. The first-order valence-electron chi connectivity index (χ1n) is 10.7. The Morgan fingerprint density at radius 1 is 1.23 bits per heavy atom. The van der Waals surface area contributed by atoms with E-state index in [4.69, 9.17) is 9.26 Å². The molecule has 8 nitrogen and oxygen atoms in total. The fourth-order valence-corrected chi connectivity index (χ4v) is 4.64. The second-order valence-corrected chi connectivity index (χ2v) is 8.94. The predicted octanol–water partition coefficient (Wildman–Crippen LogP) is 2.11. The molecule has 2 amide bonds. The van der Waals surface area contributed by atoms with E-state index in [1.54, 1.807) is 11.8 Å². The first-order chi connectivity index (χ1) is 14.8. The number of para-hydroxylation sites is 1. The van der Waals surface area contributed by atoms with Gasteiger partial charge in [-0.25, -0.2) is 0 Å². The molecule has 8 heteroatoms. The van der Waals surface area contributed by atoms with Crippen LogP contribution in [0, 0.1) is 24.2 Å². The highest BCUT2D eigenvalue weighted by atomic mass is 16.5. The highest BCUT2D eigenvalue weighted by Gasteiger charge is 2.54. The number of hydrogen-bond donors (Lipinski definition) is 1. The average molecular weight is 428 g/mol. The summed E-state index contributed by atoms with van der Waals surface area (Å²) in [5.41, 5.74) is 0.386. The van der Waals surface area contributed by atoms with Crippen LogP contribution >= 0.6 is 0 Å². The first-order valence-corrected chi connectivity index (χ1v) is 10.7. The molecule has 2 aromatic rings. The fraction of sp³-hybridized carbons (Fsp3) is 0.522. The second-order valence-electron chi connectivity index (χ2n) is 8.94. The molecule has 1 aromatic heterocycles. The van der Waals surface area contributed by atoms with Gasteiger partial charge in [-0.05, 0) is 19.1 Å². The van der Waals surface area contributed by atoms with Crippen LogP contribution in [0.2, 0.25) is 0 Å². The molecule has 0 unspecified atom stereocenters. The zero-order valence-corrected chi connectivity index (χ0v) is 18.2. The smallest absolute Gasteiger partial charge is 0.276 e. The lowest BCUT2D eigenvalue weighted by Crippen LogP contribution is -2.41. The van der Waals surface area contributed by atoms with Crippen molar-refractivity contribution < 1.29 is 24.0 Å². The van der Waals surface area contributed by atoms with Gasteiger partial charge in [0, 0.05) is 43.4 Å². The van der Waals surface area contributed by atoms with Crippen molar-refractivity contribution in [3.63, 3.8) is 0 Å². The molecule has 2 aliphatic heterocycles. The SMILES string of the molecule is Cc1onc(C(=O)N2C[C@H]3CN(C(=O)C(C)C)C[C@@]3(CO)C2)c1COc1ccccc1. The Bertz CT molecular complexity index is 957. The number of hydrogen-bond acceptors (Lipinski definition) is 6. The van der Waals surface area contributed by atoms with E-state index in [0.717, 1.165) is 0 Å². The lowest BCUT2D eigenvalue weighted by Gasteiger charge is -2.27. The number of nitrogens with zero attached hydrogens (tertiary/aromatic N) is 3. The van der Waals surface area contributed by atoms with Gasteiger partial charge in [0.1, 0.15) is 18.1 Å². The third kappa shape index (κ3) is 3.92. The van der Waals surface area contributed by atoms with Crippen molar-refractivity contribution in [3.05, 3.63) is 47.3 Å². The number of aryl methyl sites for hydroxylation is 1. The zero-order valence-electron chi connectivity index (χ0n) is 18.2. The summed E-state index contributed by atoms with van der Waals surface area (Å²) in [6.45, 7) is 7.53. The molecule has 0 aliphatic carbocycles. The van der Waals surface area contributed by atoms with Gasteiger partial charge in [-0.2, -0.15) is 0 Å². The molecule has 0 radical (unpaired) electrons. The maximum absolute atomic E-state index is 13.3. The van der Waals surface area contributed by atoms with E-state index in [-0.39, 0.29) is 42.6 Å². The predicted molar refractivity (Wildman–Crippen MR) is 112 cm³/mol. The number of amides is 2. The third-order valence-corrected chi connectivity index (χ3v) is 6.48. The van der Waals surface area contributed by atoms with Crippen molar-refractivity contribution in [2.24, 2.45) is 17.3 Å². The maximum atomic E-state index is 13.3. The van der Waals surface area contributed by atoms with Crippen LogP contribution < -0.4 is 4.74 Å². The molecule has 1 N–H and O–H groups in total. The largest absolute Gasteiger partial charge is 0.489 e. The Hall–Kier alpha value is -2.87. The lowest BCUT2D eigenvalue weighted by atomic mass is 9.82. The van der Waals surface area contributed by atoms with E-state index in [1.165, 1.54) is 0 Å². The molecule has 0 saturated carbocycles. The van der Waals surface area contributed by atoms with E-state index in [1.807, 2.05) is 49.1 Å². The highest BCUT2D eigenvalue weighted by Crippen LogP contribution is 2.43. The number of fused-ring (bicyclic) bond motifs is 1. The Labute approximate surface area is 181 Å². The normalized spacial score (nSPS) is 22.8. The van der Waals surface area contributed by atoms with Crippen molar-refractivity contribution in [1.82, 2.24) is 15.0 Å². The van der Waals surface area contributed by atoms with Gasteiger partial charge in [0.15, 0.2) is 5.69 Å². The molecule has 2 atom stereocenters. The van der Waals surface area contributed by atoms with Crippen molar-refractivity contribution in [3.8, 4) is 5.75 Å². The summed E-state index contributed by atoms with van der Waals surface area (Å²) in [4.78, 5) is 29.3. The number of carbonyl (C=O) groups excluding carboxylic acids is 2. The molecule has 2 fully saturated rings. The molecule has 1 aromatic carbocycles. The maximum Gasteiger partial charge on any atom is 0.276 e. The van der Waals surface area contributed by atoms with E-state index in [0.29, 0.717) is 43.3 Å². The minimum atomic E-state index is -0.486. The van der Waals surface area contributed by atoms with E-state index in [2.05, 4.69) is 5.16 Å². The molecular formula is C23H29N3O5. The minimum Gasteiger partial charge on any atom is -0.489 e. The van der Waals surface area contributed by atoms with Gasteiger partial charge in [-0.1, -0.05) is 37.2 Å². The number of aliphatic hydroxyl groups excluding tert-OH is 1. The van der Waals surface area contributed by atoms with Gasteiger partial charge < -0.3 is 24.2 Å². The van der Waals surface area contributed by atoms with Crippen LogP contribution in [-0.4, -0.2) is 64.7 Å². The number of aromatic nitrogens is 1. The van der Waals surface area contributed by atoms with Crippen LogP contribution in [0.25, 0.3) is 0 Å². The summed E-state index contributed by atoms with van der Waals surface area (Å²) in [5, 5.41) is 14.2. The molecule has 2 aliphatic rings. The number of benzene rings is 1. The van der Waals surface area contributed by atoms with Crippen molar-refractivity contribution in [1.29, 1.82) is 0 Å². The van der Waals surface area contributed by atoms with Crippen LogP contribution in [0.1, 0.15) is 35.7 Å². The van der Waals surface area contributed by atoms with Crippen molar-refractivity contribution >= 4 is 11.8 Å². The Morgan fingerprint density at radius 3 is 2.55 bits per heavy atom. The number of rotatable bonds is 6. The van der Waals surface area contributed by atoms with Crippen LogP contribution in [0.4, 0.5) is 0 Å². The van der Waals surface area contributed by atoms with Crippen molar-refractivity contribution in [2.75, 3.05) is 32.8 Å². The molecule has 3 heterocycles. The molecule has 31 heavy (non-hydrogen) atoms. The van der Waals surface area contributed by atoms with E-state index in [9.17, 15) is 14.7 Å². The fourth-order valence-electron chi connectivity index (χ4n) is 4.64. The summed E-state index contributed by atoms with van der Waals surface area (Å²) in [7, 11) is 0. The van der Waals surface area contributed by atoms with Crippen molar-refractivity contribution in [2.45, 2.75) is 27.4 Å². The van der Waals surface area contributed by atoms with Crippen LogP contribution in [0.15, 0.2) is 34.9 Å². The third-order valence-electron chi connectivity index (χ3n) is 6.48. The molecule has 0 spiro atoms. The Morgan fingerprint density at radius 2 is 1.90 bits per heavy atom.